The van der Waals surface area contributed by atoms with Crippen molar-refractivity contribution in [3.8, 4) is 0 Å². The standard InChI is InChI=1S/C10H11F2NO/c1-6-3-8(11)4-7(10(6)12)5-9(14)13-2/h3-4H,5H2,1-2H3,(H,13,14). The Kier molecular flexibility index (Phi) is 3.17. The van der Waals surface area contributed by atoms with Gasteiger partial charge in [0.15, 0.2) is 0 Å². The average Bonchev–Trinajstić information content (AvgIpc) is 2.13. The lowest BCUT2D eigenvalue weighted by atomic mass is 10.1. The molecule has 0 bridgehead atoms. The van der Waals surface area contributed by atoms with Crippen molar-refractivity contribution in [2.45, 2.75) is 13.3 Å². The zero-order chi connectivity index (χ0) is 10.7. The summed E-state index contributed by atoms with van der Waals surface area (Å²) in [5, 5.41) is 2.35. The topological polar surface area (TPSA) is 29.1 Å². The lowest BCUT2D eigenvalue weighted by Gasteiger charge is -2.05. The molecule has 4 heteroatoms. The number of hydrogen-bond donors (Lipinski definition) is 1. The van der Waals surface area contributed by atoms with Gasteiger partial charge < -0.3 is 5.32 Å². The Morgan fingerprint density at radius 1 is 1.43 bits per heavy atom. The highest BCUT2D eigenvalue weighted by Crippen LogP contribution is 2.15. The van der Waals surface area contributed by atoms with Crippen LogP contribution in [0, 0.1) is 18.6 Å². The first-order chi connectivity index (χ1) is 6.54. The summed E-state index contributed by atoms with van der Waals surface area (Å²) in [4.78, 5) is 11.0. The second-order valence-electron chi connectivity index (χ2n) is 3.05. The molecule has 1 aromatic rings. The molecule has 1 aromatic carbocycles. The number of rotatable bonds is 2. The summed E-state index contributed by atoms with van der Waals surface area (Å²) in [6.07, 6.45) is -0.138. The van der Waals surface area contributed by atoms with E-state index in [1.807, 2.05) is 0 Å². The molecule has 76 valence electrons. The Labute approximate surface area is 80.9 Å². The maximum Gasteiger partial charge on any atom is 0.224 e. The number of carbonyl (C=O) groups excluding carboxylic acids is 1. The fourth-order valence-electron chi connectivity index (χ4n) is 1.18. The summed E-state index contributed by atoms with van der Waals surface area (Å²) in [5.74, 6) is -1.38. The molecule has 0 heterocycles. The second-order valence-corrected chi connectivity index (χ2v) is 3.05. The molecule has 1 N–H and O–H groups in total. The first-order valence-electron chi connectivity index (χ1n) is 4.19. The second kappa shape index (κ2) is 4.17. The summed E-state index contributed by atoms with van der Waals surface area (Å²) in [6.45, 7) is 1.46. The van der Waals surface area contributed by atoms with Crippen molar-refractivity contribution in [1.82, 2.24) is 5.32 Å². The molecule has 0 atom stereocenters. The Morgan fingerprint density at radius 2 is 2.07 bits per heavy atom. The molecule has 1 amide bonds. The van der Waals surface area contributed by atoms with Gasteiger partial charge in [0.2, 0.25) is 5.91 Å². The van der Waals surface area contributed by atoms with E-state index >= 15 is 0 Å². The highest BCUT2D eigenvalue weighted by atomic mass is 19.1. The SMILES string of the molecule is CNC(=O)Cc1cc(F)cc(C)c1F. The van der Waals surface area contributed by atoms with Gasteiger partial charge in [-0.25, -0.2) is 8.78 Å². The Morgan fingerprint density at radius 3 is 2.64 bits per heavy atom. The highest BCUT2D eigenvalue weighted by Gasteiger charge is 2.10. The number of likely N-dealkylation sites (N-methyl/N-ethyl adjacent to an activating group) is 1. The monoisotopic (exact) mass is 199 g/mol. The molecule has 0 saturated heterocycles. The highest BCUT2D eigenvalue weighted by molar-refractivity contribution is 5.78. The molecule has 0 aliphatic heterocycles. The quantitative estimate of drug-likeness (QED) is 0.769. The van der Waals surface area contributed by atoms with Crippen LogP contribution in [-0.4, -0.2) is 13.0 Å². The van der Waals surface area contributed by atoms with Gasteiger partial charge in [-0.1, -0.05) is 0 Å². The van der Waals surface area contributed by atoms with Gasteiger partial charge in [-0.15, -0.1) is 0 Å². The zero-order valence-corrected chi connectivity index (χ0v) is 8.03. The van der Waals surface area contributed by atoms with Crippen molar-refractivity contribution >= 4 is 5.91 Å². The molecule has 1 rings (SSSR count). The fourth-order valence-corrected chi connectivity index (χ4v) is 1.18. The normalized spacial score (nSPS) is 10.0. The first-order valence-corrected chi connectivity index (χ1v) is 4.19. The Balaban J connectivity index is 3.02. The predicted molar refractivity (Wildman–Crippen MR) is 48.9 cm³/mol. The minimum absolute atomic E-state index is 0.0850. The summed E-state index contributed by atoms with van der Waals surface area (Å²) in [7, 11) is 1.45. The largest absolute Gasteiger partial charge is 0.359 e. The molecule has 0 saturated carbocycles. The van der Waals surface area contributed by atoms with Crippen LogP contribution < -0.4 is 5.32 Å². The molecular formula is C10H11F2NO. The number of benzene rings is 1. The minimum Gasteiger partial charge on any atom is -0.359 e. The van der Waals surface area contributed by atoms with E-state index in [1.54, 1.807) is 0 Å². The van der Waals surface area contributed by atoms with Crippen LogP contribution in [0.25, 0.3) is 0 Å². The molecule has 0 aliphatic carbocycles. The van der Waals surface area contributed by atoms with E-state index in [-0.39, 0.29) is 23.5 Å². The molecule has 0 spiro atoms. The van der Waals surface area contributed by atoms with Gasteiger partial charge in [-0.05, 0) is 24.6 Å². The van der Waals surface area contributed by atoms with Gasteiger partial charge in [0.05, 0.1) is 6.42 Å². The van der Waals surface area contributed by atoms with E-state index in [1.165, 1.54) is 14.0 Å². The fraction of sp³-hybridized carbons (Fsp3) is 0.300. The van der Waals surface area contributed by atoms with Crippen molar-refractivity contribution in [1.29, 1.82) is 0 Å². The van der Waals surface area contributed by atoms with E-state index in [9.17, 15) is 13.6 Å². The van der Waals surface area contributed by atoms with Crippen molar-refractivity contribution in [3.63, 3.8) is 0 Å². The smallest absolute Gasteiger partial charge is 0.224 e. The molecular weight excluding hydrogens is 188 g/mol. The Hall–Kier alpha value is -1.45. The first kappa shape index (κ1) is 10.6. The Bertz CT molecular complexity index is 363. The molecule has 0 unspecified atom stereocenters. The molecule has 0 fully saturated rings. The van der Waals surface area contributed by atoms with Crippen molar-refractivity contribution in [3.05, 3.63) is 34.9 Å². The van der Waals surface area contributed by atoms with Crippen molar-refractivity contribution in [2.24, 2.45) is 0 Å². The van der Waals surface area contributed by atoms with E-state index < -0.39 is 11.6 Å². The van der Waals surface area contributed by atoms with Gasteiger partial charge in [0, 0.05) is 12.6 Å². The van der Waals surface area contributed by atoms with Gasteiger partial charge in [0.1, 0.15) is 11.6 Å². The van der Waals surface area contributed by atoms with E-state index in [0.717, 1.165) is 12.1 Å². The summed E-state index contributed by atoms with van der Waals surface area (Å²) in [6, 6.07) is 2.14. The van der Waals surface area contributed by atoms with E-state index in [0.29, 0.717) is 0 Å². The van der Waals surface area contributed by atoms with Crippen molar-refractivity contribution < 1.29 is 13.6 Å². The number of amides is 1. The summed E-state index contributed by atoms with van der Waals surface area (Å²) in [5.41, 5.74) is 0.297. The molecule has 0 aromatic heterocycles. The number of nitrogens with one attached hydrogen (secondary N) is 1. The van der Waals surface area contributed by atoms with Crippen LogP contribution in [0.4, 0.5) is 8.78 Å². The molecule has 14 heavy (non-hydrogen) atoms. The van der Waals surface area contributed by atoms with Crippen molar-refractivity contribution in [2.75, 3.05) is 7.05 Å². The van der Waals surface area contributed by atoms with Crippen LogP contribution in [-0.2, 0) is 11.2 Å². The maximum atomic E-state index is 13.3. The predicted octanol–water partition coefficient (Wildman–Crippen LogP) is 1.56. The number of aryl methyl sites for hydroxylation is 1. The third-order valence-electron chi connectivity index (χ3n) is 1.92. The number of carbonyl (C=O) groups is 1. The number of halogens is 2. The van der Waals surface area contributed by atoms with E-state index in [2.05, 4.69) is 5.32 Å². The molecule has 2 nitrogen and oxygen atoms in total. The van der Waals surface area contributed by atoms with Crippen LogP contribution in [0.15, 0.2) is 12.1 Å². The van der Waals surface area contributed by atoms with E-state index in [4.69, 9.17) is 0 Å². The maximum absolute atomic E-state index is 13.3. The third-order valence-corrected chi connectivity index (χ3v) is 1.92. The summed E-state index contributed by atoms with van der Waals surface area (Å²) >= 11 is 0. The lowest BCUT2D eigenvalue weighted by molar-refractivity contribution is -0.120. The summed E-state index contributed by atoms with van der Waals surface area (Å²) < 4.78 is 26.2. The van der Waals surface area contributed by atoms with Crippen LogP contribution in [0.3, 0.4) is 0 Å². The molecule has 0 radical (unpaired) electrons. The van der Waals surface area contributed by atoms with Crippen LogP contribution in [0.5, 0.6) is 0 Å². The third kappa shape index (κ3) is 2.28. The van der Waals surface area contributed by atoms with Crippen LogP contribution in [0.1, 0.15) is 11.1 Å². The number of hydrogen-bond acceptors (Lipinski definition) is 1. The van der Waals surface area contributed by atoms with Gasteiger partial charge in [-0.2, -0.15) is 0 Å². The van der Waals surface area contributed by atoms with Gasteiger partial charge in [0.25, 0.3) is 0 Å². The zero-order valence-electron chi connectivity index (χ0n) is 8.03. The van der Waals surface area contributed by atoms with Crippen LogP contribution >= 0.6 is 0 Å². The lowest BCUT2D eigenvalue weighted by Crippen LogP contribution is -2.20. The average molecular weight is 199 g/mol. The minimum atomic E-state index is -0.525. The molecule has 0 aliphatic rings. The van der Waals surface area contributed by atoms with Crippen LogP contribution in [0.2, 0.25) is 0 Å². The van der Waals surface area contributed by atoms with Gasteiger partial charge in [-0.3, -0.25) is 4.79 Å². The van der Waals surface area contributed by atoms with Gasteiger partial charge >= 0.3 is 0 Å².